The zero-order chi connectivity index (χ0) is 23.1. The maximum atomic E-state index is 13.2. The molecule has 0 spiro atoms. The van der Waals surface area contributed by atoms with Crippen molar-refractivity contribution in [3.63, 3.8) is 0 Å². The number of hydrogen-bond acceptors (Lipinski definition) is 7. The first-order valence-corrected chi connectivity index (χ1v) is 11.7. The van der Waals surface area contributed by atoms with Gasteiger partial charge in [-0.15, -0.1) is 12.6 Å². The molecule has 3 N–H and O–H groups in total. The minimum atomic E-state index is -0.307. The van der Waals surface area contributed by atoms with E-state index in [2.05, 4.69) is 33.0 Å². The molecule has 0 bridgehead atoms. The fourth-order valence-corrected chi connectivity index (χ4v) is 4.31. The van der Waals surface area contributed by atoms with Crippen LogP contribution in [0.5, 0.6) is 0 Å². The average molecular weight is 473 g/mol. The van der Waals surface area contributed by atoms with E-state index in [-0.39, 0.29) is 17.5 Å². The lowest BCUT2D eigenvalue weighted by atomic mass is 10.1. The molecule has 9 heteroatoms. The smallest absolute Gasteiger partial charge is 0.220 e. The molecule has 1 aromatic carbocycles. The Morgan fingerprint density at radius 1 is 1.34 bits per heavy atom. The number of anilines is 1. The molecule has 0 amide bonds. The topological polar surface area (TPSA) is 98.7 Å². The van der Waals surface area contributed by atoms with E-state index in [1.54, 1.807) is 10.9 Å². The Hall–Kier alpha value is -2.42. The number of rotatable bonds is 7. The summed E-state index contributed by atoms with van der Waals surface area (Å²) in [6.07, 6.45) is 7.63. The second kappa shape index (κ2) is 11.4. The van der Waals surface area contributed by atoms with Gasteiger partial charge in [-0.25, -0.2) is 9.97 Å². The van der Waals surface area contributed by atoms with Crippen LogP contribution in [0.15, 0.2) is 47.9 Å². The van der Waals surface area contributed by atoms with Crippen LogP contribution in [-0.4, -0.2) is 38.1 Å². The molecule has 2 atom stereocenters. The van der Waals surface area contributed by atoms with E-state index in [0.29, 0.717) is 35.4 Å². The van der Waals surface area contributed by atoms with Gasteiger partial charge < -0.3 is 11.1 Å². The molecule has 1 saturated carbocycles. The summed E-state index contributed by atoms with van der Waals surface area (Å²) in [6.45, 7) is 5.16. The Kier molecular flexibility index (Phi) is 8.67. The lowest BCUT2D eigenvalue weighted by Crippen LogP contribution is -2.21. The van der Waals surface area contributed by atoms with Crippen molar-refractivity contribution >= 4 is 35.8 Å². The molecule has 1 aliphatic rings. The summed E-state index contributed by atoms with van der Waals surface area (Å²) in [6, 6.07) is 7.99. The van der Waals surface area contributed by atoms with Crippen molar-refractivity contribution in [3.8, 4) is 0 Å². The van der Waals surface area contributed by atoms with E-state index in [1.807, 2.05) is 38.1 Å². The molecule has 4 rings (SSSR count). The van der Waals surface area contributed by atoms with Crippen LogP contribution in [0.4, 0.5) is 5.82 Å². The molecule has 0 saturated heterocycles. The second-order valence-electron chi connectivity index (χ2n) is 7.56. The van der Waals surface area contributed by atoms with Gasteiger partial charge in [-0.05, 0) is 49.4 Å². The predicted octanol–water partition coefficient (Wildman–Crippen LogP) is 4.46. The standard InChI is InChI=1S/C21H23ClN6OS.C2H6/c22-18-11-28(10-14-2-1-3-16(30)7-14)27-19(18)20(29)17-9-24-12-25-21(17)26-15-5-4-13(6-15)8-23;1-2/h1-3,7,9,11-13,15,30H,4-6,8,10,23H2,(H,24,25,26);1-2H3. The Morgan fingerprint density at radius 3 is 2.88 bits per heavy atom. The minimum Gasteiger partial charge on any atom is -0.367 e. The number of ketones is 1. The predicted molar refractivity (Wildman–Crippen MR) is 131 cm³/mol. The van der Waals surface area contributed by atoms with E-state index in [1.165, 1.54) is 12.5 Å². The van der Waals surface area contributed by atoms with E-state index in [0.717, 1.165) is 29.7 Å². The zero-order valence-electron chi connectivity index (χ0n) is 18.3. The number of carbonyl (C=O) groups excluding carboxylic acids is 1. The fraction of sp³-hybridized carbons (Fsp3) is 0.391. The first kappa shape index (κ1) is 24.2. The molecular formula is C23H29ClN6OS. The molecule has 3 aromatic rings. The van der Waals surface area contributed by atoms with Gasteiger partial charge in [-0.3, -0.25) is 9.48 Å². The summed E-state index contributed by atoms with van der Waals surface area (Å²) in [4.78, 5) is 22.4. The van der Waals surface area contributed by atoms with Crippen molar-refractivity contribution in [2.45, 2.75) is 50.6 Å². The monoisotopic (exact) mass is 472 g/mol. The lowest BCUT2D eigenvalue weighted by molar-refractivity contribution is 0.103. The largest absolute Gasteiger partial charge is 0.367 e. The number of carbonyl (C=O) groups is 1. The maximum absolute atomic E-state index is 13.2. The molecule has 1 fully saturated rings. The number of nitrogens with zero attached hydrogens (tertiary/aromatic N) is 4. The van der Waals surface area contributed by atoms with E-state index in [9.17, 15) is 4.79 Å². The lowest BCUT2D eigenvalue weighted by Gasteiger charge is -2.15. The van der Waals surface area contributed by atoms with Crippen molar-refractivity contribution in [1.82, 2.24) is 19.7 Å². The third-order valence-corrected chi connectivity index (χ3v) is 5.91. The highest BCUT2D eigenvalue weighted by Crippen LogP contribution is 2.28. The van der Waals surface area contributed by atoms with E-state index >= 15 is 0 Å². The van der Waals surface area contributed by atoms with Crippen LogP contribution in [0.3, 0.4) is 0 Å². The minimum absolute atomic E-state index is 0.183. The van der Waals surface area contributed by atoms with Crippen LogP contribution in [-0.2, 0) is 6.54 Å². The van der Waals surface area contributed by atoms with Gasteiger partial charge in [-0.2, -0.15) is 5.10 Å². The van der Waals surface area contributed by atoms with Crippen molar-refractivity contribution < 1.29 is 4.79 Å². The molecule has 2 aromatic heterocycles. The number of nitrogens with two attached hydrogens (primary N) is 1. The first-order chi connectivity index (χ1) is 15.5. The quantitative estimate of drug-likeness (QED) is 0.347. The molecule has 2 heterocycles. The van der Waals surface area contributed by atoms with Gasteiger partial charge in [0.25, 0.3) is 0 Å². The Morgan fingerprint density at radius 2 is 2.16 bits per heavy atom. The van der Waals surface area contributed by atoms with Gasteiger partial charge in [-0.1, -0.05) is 37.6 Å². The summed E-state index contributed by atoms with van der Waals surface area (Å²) >= 11 is 10.7. The van der Waals surface area contributed by atoms with Crippen LogP contribution in [0.25, 0.3) is 0 Å². The van der Waals surface area contributed by atoms with Crippen LogP contribution in [0.2, 0.25) is 5.02 Å². The first-order valence-electron chi connectivity index (χ1n) is 10.9. The number of hydrogen-bond donors (Lipinski definition) is 3. The highest BCUT2D eigenvalue weighted by molar-refractivity contribution is 7.80. The van der Waals surface area contributed by atoms with Crippen LogP contribution < -0.4 is 11.1 Å². The van der Waals surface area contributed by atoms with Crippen LogP contribution in [0.1, 0.15) is 54.7 Å². The van der Waals surface area contributed by atoms with Gasteiger partial charge in [0, 0.05) is 23.3 Å². The summed E-state index contributed by atoms with van der Waals surface area (Å²) in [5.74, 6) is 0.702. The SMILES string of the molecule is CC.NCC1CCC(Nc2ncncc2C(=O)c2nn(Cc3cccc(S)c3)cc2Cl)C1. The molecule has 32 heavy (non-hydrogen) atoms. The molecular weight excluding hydrogens is 444 g/mol. The Balaban J connectivity index is 0.00000141. The van der Waals surface area contributed by atoms with Gasteiger partial charge in [0.15, 0.2) is 5.69 Å². The van der Waals surface area contributed by atoms with Crippen molar-refractivity contribution in [3.05, 3.63) is 64.8 Å². The fourth-order valence-electron chi connectivity index (χ4n) is 3.83. The van der Waals surface area contributed by atoms with Gasteiger partial charge in [0.05, 0.1) is 17.1 Å². The number of benzene rings is 1. The normalized spacial score (nSPS) is 17.5. The van der Waals surface area contributed by atoms with Gasteiger partial charge in [0.2, 0.25) is 5.78 Å². The third-order valence-electron chi connectivity index (χ3n) is 5.36. The van der Waals surface area contributed by atoms with Crippen molar-refractivity contribution in [2.24, 2.45) is 11.7 Å². The van der Waals surface area contributed by atoms with E-state index < -0.39 is 0 Å². The van der Waals surface area contributed by atoms with Crippen molar-refractivity contribution in [1.29, 1.82) is 0 Å². The highest BCUT2D eigenvalue weighted by Gasteiger charge is 2.27. The molecule has 2 unspecified atom stereocenters. The number of nitrogens with one attached hydrogen (secondary N) is 1. The van der Waals surface area contributed by atoms with Crippen LogP contribution in [0, 0.1) is 5.92 Å². The Labute approximate surface area is 199 Å². The van der Waals surface area contributed by atoms with Crippen molar-refractivity contribution in [2.75, 3.05) is 11.9 Å². The second-order valence-corrected chi connectivity index (χ2v) is 8.49. The number of thiol groups is 1. The van der Waals surface area contributed by atoms with E-state index in [4.69, 9.17) is 17.3 Å². The Bertz CT molecular complexity index is 1060. The summed E-state index contributed by atoms with van der Waals surface area (Å²) < 4.78 is 1.65. The molecule has 0 radical (unpaired) electrons. The zero-order valence-corrected chi connectivity index (χ0v) is 20.0. The number of aromatic nitrogens is 4. The van der Waals surface area contributed by atoms with Crippen LogP contribution >= 0.6 is 24.2 Å². The maximum Gasteiger partial charge on any atom is 0.220 e. The molecule has 7 nitrogen and oxygen atoms in total. The molecule has 0 aliphatic heterocycles. The highest BCUT2D eigenvalue weighted by atomic mass is 35.5. The summed E-state index contributed by atoms with van der Waals surface area (Å²) in [5.41, 5.74) is 7.35. The summed E-state index contributed by atoms with van der Waals surface area (Å²) in [5, 5.41) is 8.10. The summed E-state index contributed by atoms with van der Waals surface area (Å²) in [7, 11) is 0. The molecule has 1 aliphatic carbocycles. The molecule has 170 valence electrons. The van der Waals surface area contributed by atoms with Gasteiger partial charge in [0.1, 0.15) is 12.1 Å². The third kappa shape index (κ3) is 5.88. The average Bonchev–Trinajstić information content (AvgIpc) is 3.41. The number of halogens is 1. The van der Waals surface area contributed by atoms with Gasteiger partial charge >= 0.3 is 0 Å².